The summed E-state index contributed by atoms with van der Waals surface area (Å²) in [5.41, 5.74) is 0. The Kier molecular flexibility index (Phi) is 3.15. The Morgan fingerprint density at radius 2 is 2.29 bits per heavy atom. The van der Waals surface area contributed by atoms with Crippen LogP contribution in [0.25, 0.3) is 0 Å². The zero-order valence-electron chi connectivity index (χ0n) is 4.34. The van der Waals surface area contributed by atoms with Crippen LogP contribution < -0.4 is 4.72 Å². The van der Waals surface area contributed by atoms with Crippen LogP contribution in [0.15, 0.2) is 0 Å². The summed E-state index contributed by atoms with van der Waals surface area (Å²) in [4.78, 5) is 0. The monoisotopic (exact) mass is 123 g/mol. The molecule has 0 aliphatic carbocycles. The first kappa shape index (κ1) is 7.07. The molecule has 0 rings (SSSR count). The Hall–Kier alpha value is 0.0700. The molecule has 7 heavy (non-hydrogen) atoms. The maximum absolute atomic E-state index is 10.1. The van der Waals surface area contributed by atoms with Crippen molar-refractivity contribution in [1.29, 1.82) is 0 Å². The largest absolute Gasteiger partial charge is 0.378 e. The second-order valence-corrected chi connectivity index (χ2v) is 2.39. The van der Waals surface area contributed by atoms with E-state index in [0.29, 0.717) is 0 Å². The number of aliphatic hydroxyl groups excluding tert-OH is 1. The highest BCUT2D eigenvalue weighted by atomic mass is 32.2. The van der Waals surface area contributed by atoms with Gasteiger partial charge >= 0.3 is 0 Å². The second-order valence-electron chi connectivity index (χ2n) is 1.25. The van der Waals surface area contributed by atoms with Crippen molar-refractivity contribution in [2.75, 3.05) is 6.26 Å². The van der Waals surface area contributed by atoms with E-state index < -0.39 is 17.2 Å². The van der Waals surface area contributed by atoms with Gasteiger partial charge in [0.1, 0.15) is 6.23 Å². The summed E-state index contributed by atoms with van der Waals surface area (Å²) in [5.74, 6) is 0. The zero-order valence-corrected chi connectivity index (χ0v) is 5.16. The Morgan fingerprint density at radius 3 is 2.29 bits per heavy atom. The lowest BCUT2D eigenvalue weighted by molar-refractivity contribution is 0.186. The van der Waals surface area contributed by atoms with Crippen molar-refractivity contribution in [2.24, 2.45) is 0 Å². The summed E-state index contributed by atoms with van der Waals surface area (Å²) >= 11 is 0. The smallest absolute Gasteiger partial charge is 0.112 e. The van der Waals surface area contributed by atoms with Crippen molar-refractivity contribution >= 4 is 11.0 Å². The minimum atomic E-state index is -1.10. The van der Waals surface area contributed by atoms with Gasteiger partial charge in [-0.15, -0.1) is 0 Å². The van der Waals surface area contributed by atoms with Gasteiger partial charge in [-0.3, -0.25) is 0 Å². The van der Waals surface area contributed by atoms with E-state index in [-0.39, 0.29) is 0 Å². The molecule has 44 valence electrons. The van der Waals surface area contributed by atoms with Gasteiger partial charge in [0.05, 0.1) is 11.0 Å². The molecular formula is C3H9NO2S. The van der Waals surface area contributed by atoms with Gasteiger partial charge < -0.3 is 5.11 Å². The topological polar surface area (TPSA) is 49.3 Å². The molecule has 0 spiro atoms. The molecular weight excluding hydrogens is 114 g/mol. The van der Waals surface area contributed by atoms with E-state index in [1.54, 1.807) is 0 Å². The van der Waals surface area contributed by atoms with Crippen LogP contribution in [0, 0.1) is 0 Å². The maximum Gasteiger partial charge on any atom is 0.112 e. The molecule has 0 aliphatic rings. The Morgan fingerprint density at radius 1 is 1.86 bits per heavy atom. The SMILES string of the molecule is CC(O)NS(C)=O. The molecule has 0 fully saturated rings. The van der Waals surface area contributed by atoms with Crippen LogP contribution in [0.2, 0.25) is 0 Å². The molecule has 0 aliphatic heterocycles. The zero-order chi connectivity index (χ0) is 5.86. The molecule has 2 N–H and O–H groups in total. The summed E-state index contributed by atoms with van der Waals surface area (Å²) in [6.07, 6.45) is 0.790. The normalized spacial score (nSPS) is 18.7. The summed E-state index contributed by atoms with van der Waals surface area (Å²) in [7, 11) is -1.10. The van der Waals surface area contributed by atoms with E-state index in [2.05, 4.69) is 4.72 Å². The summed E-state index contributed by atoms with van der Waals surface area (Å²) < 4.78 is 12.4. The predicted molar refractivity (Wildman–Crippen MR) is 28.9 cm³/mol. The number of rotatable bonds is 2. The molecule has 0 amide bonds. The highest BCUT2D eigenvalue weighted by Crippen LogP contribution is 1.70. The number of aliphatic hydroxyl groups is 1. The van der Waals surface area contributed by atoms with Crippen molar-refractivity contribution < 1.29 is 9.32 Å². The third kappa shape index (κ3) is 6.07. The maximum atomic E-state index is 10.1. The lowest BCUT2D eigenvalue weighted by Crippen LogP contribution is -2.26. The van der Waals surface area contributed by atoms with Crippen molar-refractivity contribution in [3.05, 3.63) is 0 Å². The van der Waals surface area contributed by atoms with Crippen LogP contribution in [0.5, 0.6) is 0 Å². The van der Waals surface area contributed by atoms with Gasteiger partial charge in [0, 0.05) is 6.26 Å². The van der Waals surface area contributed by atoms with Crippen LogP contribution in [0.3, 0.4) is 0 Å². The molecule has 4 heteroatoms. The molecule has 3 nitrogen and oxygen atoms in total. The van der Waals surface area contributed by atoms with Gasteiger partial charge in [0.25, 0.3) is 0 Å². The van der Waals surface area contributed by atoms with Gasteiger partial charge in [-0.25, -0.2) is 8.93 Å². The van der Waals surface area contributed by atoms with Crippen LogP contribution in [0.1, 0.15) is 6.92 Å². The van der Waals surface area contributed by atoms with Crippen LogP contribution in [0.4, 0.5) is 0 Å². The molecule has 2 atom stereocenters. The molecule has 0 bridgehead atoms. The average molecular weight is 123 g/mol. The minimum absolute atomic E-state index is 0.675. The highest BCUT2D eigenvalue weighted by Gasteiger charge is 1.92. The van der Waals surface area contributed by atoms with Gasteiger partial charge in [-0.05, 0) is 6.92 Å². The summed E-state index contributed by atoms with van der Waals surface area (Å²) in [5, 5.41) is 8.42. The van der Waals surface area contributed by atoms with Crippen molar-refractivity contribution in [2.45, 2.75) is 13.2 Å². The first-order valence-corrected chi connectivity index (χ1v) is 3.46. The van der Waals surface area contributed by atoms with Crippen molar-refractivity contribution in [3.8, 4) is 0 Å². The van der Waals surface area contributed by atoms with E-state index in [1.807, 2.05) is 0 Å². The molecule has 0 radical (unpaired) electrons. The van der Waals surface area contributed by atoms with Crippen LogP contribution in [-0.4, -0.2) is 21.8 Å². The second kappa shape index (κ2) is 3.12. The predicted octanol–water partition coefficient (Wildman–Crippen LogP) is -0.792. The van der Waals surface area contributed by atoms with Gasteiger partial charge in [0.15, 0.2) is 0 Å². The van der Waals surface area contributed by atoms with Gasteiger partial charge in [-0.2, -0.15) is 0 Å². The van der Waals surface area contributed by atoms with Crippen LogP contribution in [-0.2, 0) is 11.0 Å². The van der Waals surface area contributed by atoms with Crippen molar-refractivity contribution in [1.82, 2.24) is 4.72 Å². The van der Waals surface area contributed by atoms with E-state index in [4.69, 9.17) is 5.11 Å². The standard InChI is InChI=1S/C3H9NO2S/c1-3(5)4-7(2)6/h3-5H,1-2H3. The lowest BCUT2D eigenvalue weighted by atomic mass is 10.7. The fourth-order valence-corrected chi connectivity index (χ4v) is 0.721. The molecule has 0 saturated heterocycles. The first-order chi connectivity index (χ1) is 3.13. The Balaban J connectivity index is 3.13. The number of hydrogen-bond acceptors (Lipinski definition) is 2. The lowest BCUT2D eigenvalue weighted by Gasteiger charge is -1.99. The Bertz CT molecular complexity index is 73.3. The first-order valence-electron chi connectivity index (χ1n) is 1.90. The minimum Gasteiger partial charge on any atom is -0.378 e. The Labute approximate surface area is 45.3 Å². The molecule has 2 unspecified atom stereocenters. The van der Waals surface area contributed by atoms with E-state index in [9.17, 15) is 4.21 Å². The van der Waals surface area contributed by atoms with Crippen molar-refractivity contribution in [3.63, 3.8) is 0 Å². The molecule has 0 aromatic carbocycles. The van der Waals surface area contributed by atoms with E-state index >= 15 is 0 Å². The average Bonchev–Trinajstić information content (AvgIpc) is 1.27. The third-order valence-electron chi connectivity index (χ3n) is 0.337. The molecule has 0 saturated carbocycles. The van der Waals surface area contributed by atoms with Crippen LogP contribution >= 0.6 is 0 Å². The molecule has 0 heterocycles. The van der Waals surface area contributed by atoms with Gasteiger partial charge in [0.2, 0.25) is 0 Å². The van der Waals surface area contributed by atoms with E-state index in [0.717, 1.165) is 0 Å². The quantitative estimate of drug-likeness (QED) is 0.473. The van der Waals surface area contributed by atoms with Gasteiger partial charge in [-0.1, -0.05) is 0 Å². The number of hydrogen-bond donors (Lipinski definition) is 2. The fourth-order valence-electron chi connectivity index (χ4n) is 0.240. The third-order valence-corrected chi connectivity index (χ3v) is 1.01. The molecule has 0 aromatic heterocycles. The fraction of sp³-hybridized carbons (Fsp3) is 1.00. The summed E-state index contributed by atoms with van der Waals surface area (Å²) in [6, 6.07) is 0. The summed E-state index contributed by atoms with van der Waals surface area (Å²) in [6.45, 7) is 1.52. The number of nitrogens with one attached hydrogen (secondary N) is 1. The highest BCUT2D eigenvalue weighted by molar-refractivity contribution is 7.82. The molecule has 0 aromatic rings. The van der Waals surface area contributed by atoms with E-state index in [1.165, 1.54) is 13.2 Å².